The summed E-state index contributed by atoms with van der Waals surface area (Å²) in [6, 6.07) is 6.82. The van der Waals surface area contributed by atoms with Gasteiger partial charge in [-0.05, 0) is 31.0 Å². The van der Waals surface area contributed by atoms with E-state index < -0.39 is 0 Å². The van der Waals surface area contributed by atoms with Crippen molar-refractivity contribution in [3.8, 4) is 0 Å². The van der Waals surface area contributed by atoms with Crippen molar-refractivity contribution in [2.75, 3.05) is 10.2 Å². The Balaban J connectivity index is 1.92. The molecule has 0 saturated carbocycles. The van der Waals surface area contributed by atoms with Crippen LogP contribution in [0.4, 0.5) is 11.4 Å². The second-order valence-electron chi connectivity index (χ2n) is 5.40. The minimum Gasteiger partial charge on any atom is -0.326 e. The molecule has 3 rings (SSSR count). The highest BCUT2D eigenvalue weighted by Gasteiger charge is 2.47. The van der Waals surface area contributed by atoms with E-state index in [0.717, 1.165) is 0 Å². The molecule has 1 aromatic carbocycles. The zero-order valence-electron chi connectivity index (χ0n) is 11.7. The van der Waals surface area contributed by atoms with Gasteiger partial charge in [0.05, 0.1) is 17.5 Å². The van der Waals surface area contributed by atoms with Crippen LogP contribution in [0.2, 0.25) is 0 Å². The second-order valence-corrected chi connectivity index (χ2v) is 5.40. The van der Waals surface area contributed by atoms with Crippen molar-refractivity contribution in [1.29, 1.82) is 0 Å². The van der Waals surface area contributed by atoms with Crippen molar-refractivity contribution in [2.45, 2.75) is 19.8 Å². The summed E-state index contributed by atoms with van der Waals surface area (Å²) >= 11 is 0. The van der Waals surface area contributed by atoms with Gasteiger partial charge in [0.15, 0.2) is 0 Å². The van der Waals surface area contributed by atoms with Gasteiger partial charge in [-0.3, -0.25) is 14.4 Å². The molecule has 1 aliphatic carbocycles. The fourth-order valence-electron chi connectivity index (χ4n) is 2.98. The van der Waals surface area contributed by atoms with E-state index in [1.807, 2.05) is 12.2 Å². The summed E-state index contributed by atoms with van der Waals surface area (Å²) in [6.45, 7) is 1.42. The largest absolute Gasteiger partial charge is 0.326 e. The van der Waals surface area contributed by atoms with Crippen molar-refractivity contribution in [3.63, 3.8) is 0 Å². The molecule has 1 heterocycles. The van der Waals surface area contributed by atoms with E-state index in [2.05, 4.69) is 5.32 Å². The number of hydrogen-bond acceptors (Lipinski definition) is 3. The van der Waals surface area contributed by atoms with Crippen molar-refractivity contribution >= 4 is 29.1 Å². The SMILES string of the molecule is CC(=O)Nc1cccc(N2C(=O)[C@@H]3CC=CC[C@H]3C2=O)c1. The van der Waals surface area contributed by atoms with Gasteiger partial charge in [0.25, 0.3) is 0 Å². The Morgan fingerprint density at radius 1 is 1.14 bits per heavy atom. The number of nitrogens with one attached hydrogen (secondary N) is 1. The average molecular weight is 284 g/mol. The Labute approximate surface area is 122 Å². The van der Waals surface area contributed by atoms with E-state index in [4.69, 9.17) is 0 Å². The van der Waals surface area contributed by atoms with E-state index in [-0.39, 0.29) is 29.6 Å². The summed E-state index contributed by atoms with van der Waals surface area (Å²) < 4.78 is 0. The van der Waals surface area contributed by atoms with Crippen LogP contribution >= 0.6 is 0 Å². The summed E-state index contributed by atoms with van der Waals surface area (Å²) in [4.78, 5) is 37.3. The van der Waals surface area contributed by atoms with Crippen molar-refractivity contribution in [1.82, 2.24) is 0 Å². The smallest absolute Gasteiger partial charge is 0.238 e. The molecule has 5 nitrogen and oxygen atoms in total. The molecule has 21 heavy (non-hydrogen) atoms. The van der Waals surface area contributed by atoms with Gasteiger partial charge in [0.2, 0.25) is 17.7 Å². The zero-order chi connectivity index (χ0) is 15.0. The van der Waals surface area contributed by atoms with Gasteiger partial charge in [0, 0.05) is 12.6 Å². The molecule has 0 bridgehead atoms. The molecule has 1 aliphatic heterocycles. The van der Waals surface area contributed by atoms with Gasteiger partial charge < -0.3 is 5.32 Å². The molecule has 1 saturated heterocycles. The van der Waals surface area contributed by atoms with Crippen LogP contribution in [0.5, 0.6) is 0 Å². The lowest BCUT2D eigenvalue weighted by Crippen LogP contribution is -2.30. The molecule has 0 spiro atoms. The number of carbonyl (C=O) groups excluding carboxylic acids is 3. The normalized spacial score (nSPS) is 24.1. The highest BCUT2D eigenvalue weighted by molar-refractivity contribution is 6.22. The van der Waals surface area contributed by atoms with E-state index in [0.29, 0.717) is 24.2 Å². The lowest BCUT2D eigenvalue weighted by Gasteiger charge is -2.16. The Morgan fingerprint density at radius 2 is 1.76 bits per heavy atom. The lowest BCUT2D eigenvalue weighted by molar-refractivity contribution is -0.122. The molecule has 1 fully saturated rings. The molecule has 5 heteroatoms. The predicted octanol–water partition coefficient (Wildman–Crippen LogP) is 2.10. The third kappa shape index (κ3) is 2.35. The molecular formula is C16H16N2O3. The molecule has 1 N–H and O–H groups in total. The minimum atomic E-state index is -0.244. The number of nitrogens with zero attached hydrogens (tertiary/aromatic N) is 1. The number of benzene rings is 1. The quantitative estimate of drug-likeness (QED) is 0.668. The number of rotatable bonds is 2. The third-order valence-corrected chi connectivity index (χ3v) is 3.93. The van der Waals surface area contributed by atoms with Crippen LogP contribution in [0.3, 0.4) is 0 Å². The van der Waals surface area contributed by atoms with Gasteiger partial charge in [-0.1, -0.05) is 18.2 Å². The maximum atomic E-state index is 12.5. The molecule has 3 amide bonds. The molecule has 0 unspecified atom stereocenters. The fourth-order valence-corrected chi connectivity index (χ4v) is 2.98. The first-order valence-corrected chi connectivity index (χ1v) is 6.98. The minimum absolute atomic E-state index is 0.144. The number of amides is 3. The number of allylic oxidation sites excluding steroid dienone is 2. The highest BCUT2D eigenvalue weighted by atomic mass is 16.2. The summed E-state index contributed by atoms with van der Waals surface area (Å²) in [5.74, 6) is -0.966. The maximum Gasteiger partial charge on any atom is 0.238 e. The fraction of sp³-hybridized carbons (Fsp3) is 0.312. The van der Waals surface area contributed by atoms with Crippen LogP contribution in [0, 0.1) is 11.8 Å². The predicted molar refractivity (Wildman–Crippen MR) is 78.6 cm³/mol. The van der Waals surface area contributed by atoms with E-state index in [9.17, 15) is 14.4 Å². The molecule has 0 radical (unpaired) electrons. The highest BCUT2D eigenvalue weighted by Crippen LogP contribution is 2.38. The topological polar surface area (TPSA) is 66.5 Å². The first-order chi connectivity index (χ1) is 10.1. The van der Waals surface area contributed by atoms with Crippen molar-refractivity contribution < 1.29 is 14.4 Å². The Hall–Kier alpha value is -2.43. The number of anilines is 2. The standard InChI is InChI=1S/C16H16N2O3/c1-10(19)17-11-5-4-6-12(9-11)18-15(20)13-7-2-3-8-14(13)16(18)21/h2-6,9,13-14H,7-8H2,1H3,(H,17,19)/t13-,14-/m1/s1. The Kier molecular flexibility index (Phi) is 3.33. The first-order valence-electron chi connectivity index (χ1n) is 6.98. The molecule has 108 valence electrons. The number of hydrogen-bond donors (Lipinski definition) is 1. The van der Waals surface area contributed by atoms with Gasteiger partial charge in [-0.25, -0.2) is 4.90 Å². The number of carbonyl (C=O) groups is 3. The van der Waals surface area contributed by atoms with Crippen LogP contribution in [0.25, 0.3) is 0 Å². The maximum absolute atomic E-state index is 12.5. The first kappa shape index (κ1) is 13.5. The second kappa shape index (κ2) is 5.16. The Morgan fingerprint density at radius 3 is 2.33 bits per heavy atom. The lowest BCUT2D eigenvalue weighted by atomic mass is 9.85. The van der Waals surface area contributed by atoms with E-state index in [1.54, 1.807) is 24.3 Å². The number of imide groups is 1. The number of fused-ring (bicyclic) bond motifs is 1. The van der Waals surface area contributed by atoms with Gasteiger partial charge in [0.1, 0.15) is 0 Å². The van der Waals surface area contributed by atoms with Gasteiger partial charge in [-0.2, -0.15) is 0 Å². The van der Waals surface area contributed by atoms with Crippen molar-refractivity contribution in [3.05, 3.63) is 36.4 Å². The van der Waals surface area contributed by atoms with Crippen LogP contribution in [-0.2, 0) is 14.4 Å². The summed E-state index contributed by atoms with van der Waals surface area (Å²) in [7, 11) is 0. The van der Waals surface area contributed by atoms with Gasteiger partial charge in [-0.15, -0.1) is 0 Å². The Bertz CT molecular complexity index is 625. The van der Waals surface area contributed by atoms with Crippen LogP contribution < -0.4 is 10.2 Å². The molecule has 2 aliphatic rings. The molecule has 2 atom stereocenters. The molecule has 0 aromatic heterocycles. The summed E-state index contributed by atoms with van der Waals surface area (Å²) in [5, 5.41) is 2.66. The van der Waals surface area contributed by atoms with Crippen molar-refractivity contribution in [2.24, 2.45) is 11.8 Å². The van der Waals surface area contributed by atoms with Crippen LogP contribution in [0.1, 0.15) is 19.8 Å². The summed E-state index contributed by atoms with van der Waals surface area (Å²) in [5.41, 5.74) is 1.10. The summed E-state index contributed by atoms with van der Waals surface area (Å²) in [6.07, 6.45) is 5.17. The van der Waals surface area contributed by atoms with Crippen LogP contribution in [-0.4, -0.2) is 17.7 Å². The molecule has 1 aromatic rings. The van der Waals surface area contributed by atoms with E-state index >= 15 is 0 Å². The van der Waals surface area contributed by atoms with Crippen LogP contribution in [0.15, 0.2) is 36.4 Å². The zero-order valence-corrected chi connectivity index (χ0v) is 11.7. The molecular weight excluding hydrogens is 268 g/mol. The van der Waals surface area contributed by atoms with Gasteiger partial charge >= 0.3 is 0 Å². The monoisotopic (exact) mass is 284 g/mol. The average Bonchev–Trinajstić information content (AvgIpc) is 2.71. The van der Waals surface area contributed by atoms with E-state index in [1.165, 1.54) is 11.8 Å². The third-order valence-electron chi connectivity index (χ3n) is 3.93.